The third-order valence-electron chi connectivity index (χ3n) is 5.36. The molecule has 0 spiro atoms. The van der Waals surface area contributed by atoms with Gasteiger partial charge in [-0.15, -0.1) is 12.4 Å². The van der Waals surface area contributed by atoms with E-state index >= 15 is 0 Å². The monoisotopic (exact) mass is 411 g/mol. The first-order chi connectivity index (χ1) is 12.9. The Bertz CT molecular complexity index is 684. The fourth-order valence-electron chi connectivity index (χ4n) is 3.64. The molecule has 0 bridgehead atoms. The first kappa shape index (κ1) is 22.1. The number of likely N-dealkylation sites (tertiary alicyclic amines) is 2. The summed E-state index contributed by atoms with van der Waals surface area (Å²) in [4.78, 5) is 26.6. The number of nitrogens with two attached hydrogens (primary N) is 1. The number of hydrogen-bond acceptors (Lipinski definition) is 5. The second kappa shape index (κ2) is 9.87. The van der Waals surface area contributed by atoms with Crippen molar-refractivity contribution in [1.29, 1.82) is 0 Å². The van der Waals surface area contributed by atoms with Gasteiger partial charge in [-0.1, -0.05) is 0 Å². The zero-order valence-electron chi connectivity index (χ0n) is 16.6. The largest absolute Gasteiger partial charge is 0.490 e. The van der Waals surface area contributed by atoms with Crippen LogP contribution in [0.5, 0.6) is 11.5 Å². The Kier molecular flexibility index (Phi) is 7.80. The summed E-state index contributed by atoms with van der Waals surface area (Å²) in [5.74, 6) is 1.60. The molecule has 2 aliphatic rings. The van der Waals surface area contributed by atoms with Gasteiger partial charge in [0, 0.05) is 71.8 Å². The van der Waals surface area contributed by atoms with Crippen molar-refractivity contribution >= 4 is 29.9 Å². The van der Waals surface area contributed by atoms with Gasteiger partial charge in [0.15, 0.2) is 0 Å². The van der Waals surface area contributed by atoms with Crippen molar-refractivity contribution in [3.05, 3.63) is 18.2 Å². The predicted molar refractivity (Wildman–Crippen MR) is 110 cm³/mol. The maximum absolute atomic E-state index is 11.4. The molecular weight excluding hydrogens is 382 g/mol. The summed E-state index contributed by atoms with van der Waals surface area (Å²) in [6, 6.07) is 5.52. The number of carbonyl (C=O) groups excluding carboxylic acids is 2. The van der Waals surface area contributed by atoms with Crippen LogP contribution in [0, 0.1) is 0 Å². The van der Waals surface area contributed by atoms with Crippen molar-refractivity contribution in [2.24, 2.45) is 0 Å². The number of carbonyl (C=O) groups is 2. The molecule has 2 amide bonds. The number of anilines is 1. The van der Waals surface area contributed by atoms with Gasteiger partial charge in [0.1, 0.15) is 23.7 Å². The highest BCUT2D eigenvalue weighted by Gasteiger charge is 2.24. The van der Waals surface area contributed by atoms with Gasteiger partial charge in [0.25, 0.3) is 0 Å². The summed E-state index contributed by atoms with van der Waals surface area (Å²) >= 11 is 0. The SMILES string of the molecule is CC(=O)N1CCC(Oc2ccc(N)c(OC3CCN(C(C)=O)CC3)c2)CC1.Cl. The van der Waals surface area contributed by atoms with Crippen molar-refractivity contribution in [3.8, 4) is 11.5 Å². The Balaban J connectivity index is 0.00000280. The summed E-state index contributed by atoms with van der Waals surface area (Å²) in [6.45, 7) is 6.09. The number of nitrogens with zero attached hydrogens (tertiary/aromatic N) is 2. The second-order valence-corrected chi connectivity index (χ2v) is 7.35. The van der Waals surface area contributed by atoms with Crippen LogP contribution in [0.4, 0.5) is 5.69 Å². The van der Waals surface area contributed by atoms with Crippen molar-refractivity contribution in [1.82, 2.24) is 9.80 Å². The third-order valence-corrected chi connectivity index (χ3v) is 5.36. The van der Waals surface area contributed by atoms with E-state index in [9.17, 15) is 9.59 Å². The van der Waals surface area contributed by atoms with Crippen LogP contribution in [-0.2, 0) is 9.59 Å². The first-order valence-corrected chi connectivity index (χ1v) is 9.66. The molecule has 2 heterocycles. The van der Waals surface area contributed by atoms with Gasteiger partial charge < -0.3 is 25.0 Å². The van der Waals surface area contributed by atoms with E-state index in [1.54, 1.807) is 19.9 Å². The summed E-state index contributed by atoms with van der Waals surface area (Å²) in [6.07, 6.45) is 3.39. The predicted octanol–water partition coefficient (Wildman–Crippen LogP) is 2.47. The number of rotatable bonds is 4. The maximum atomic E-state index is 11.4. The lowest BCUT2D eigenvalue weighted by atomic mass is 10.1. The highest BCUT2D eigenvalue weighted by molar-refractivity contribution is 5.85. The Morgan fingerprint density at radius 1 is 0.893 bits per heavy atom. The molecule has 0 aromatic heterocycles. The minimum absolute atomic E-state index is 0. The molecule has 0 aliphatic carbocycles. The van der Waals surface area contributed by atoms with Gasteiger partial charge >= 0.3 is 0 Å². The van der Waals surface area contributed by atoms with Crippen LogP contribution >= 0.6 is 12.4 Å². The van der Waals surface area contributed by atoms with E-state index in [1.165, 1.54) is 0 Å². The van der Waals surface area contributed by atoms with Crippen LogP contribution in [-0.4, -0.2) is 60.0 Å². The van der Waals surface area contributed by atoms with Crippen molar-refractivity contribution in [2.75, 3.05) is 31.9 Å². The van der Waals surface area contributed by atoms with Crippen LogP contribution in [0.3, 0.4) is 0 Å². The van der Waals surface area contributed by atoms with E-state index in [0.29, 0.717) is 24.5 Å². The Hall–Kier alpha value is -2.15. The van der Waals surface area contributed by atoms with Crippen molar-refractivity contribution in [3.63, 3.8) is 0 Å². The van der Waals surface area contributed by atoms with Gasteiger partial charge in [-0.2, -0.15) is 0 Å². The zero-order valence-corrected chi connectivity index (χ0v) is 17.4. The van der Waals surface area contributed by atoms with Gasteiger partial charge in [-0.05, 0) is 12.1 Å². The van der Waals surface area contributed by atoms with E-state index in [-0.39, 0.29) is 36.4 Å². The minimum Gasteiger partial charge on any atom is -0.490 e. The van der Waals surface area contributed by atoms with Crippen LogP contribution in [0.1, 0.15) is 39.5 Å². The fourth-order valence-corrected chi connectivity index (χ4v) is 3.64. The molecular formula is C20H30ClN3O4. The first-order valence-electron chi connectivity index (χ1n) is 9.66. The molecule has 7 nitrogen and oxygen atoms in total. The highest BCUT2D eigenvalue weighted by Crippen LogP contribution is 2.31. The number of piperidine rings is 2. The number of nitrogen functional groups attached to an aromatic ring is 1. The molecule has 0 radical (unpaired) electrons. The lowest BCUT2D eigenvalue weighted by Gasteiger charge is -2.32. The van der Waals surface area contributed by atoms with E-state index in [1.807, 2.05) is 21.9 Å². The average molecular weight is 412 g/mol. The van der Waals surface area contributed by atoms with Gasteiger partial charge in [0.2, 0.25) is 11.8 Å². The average Bonchev–Trinajstić information content (AvgIpc) is 2.65. The molecule has 2 saturated heterocycles. The number of hydrogen-bond donors (Lipinski definition) is 1. The molecule has 0 saturated carbocycles. The number of halogens is 1. The summed E-state index contributed by atoms with van der Waals surface area (Å²) in [5.41, 5.74) is 6.66. The molecule has 0 atom stereocenters. The number of benzene rings is 1. The molecule has 2 N–H and O–H groups in total. The Labute approximate surface area is 172 Å². The smallest absolute Gasteiger partial charge is 0.219 e. The molecule has 1 aromatic rings. The van der Waals surface area contributed by atoms with Crippen LogP contribution in [0.2, 0.25) is 0 Å². The van der Waals surface area contributed by atoms with Gasteiger partial charge in [-0.25, -0.2) is 0 Å². The fraction of sp³-hybridized carbons (Fsp3) is 0.600. The number of ether oxygens (including phenoxy) is 2. The summed E-state index contributed by atoms with van der Waals surface area (Å²) < 4.78 is 12.2. The van der Waals surface area contributed by atoms with Gasteiger partial charge in [0.05, 0.1) is 5.69 Å². The van der Waals surface area contributed by atoms with Gasteiger partial charge in [-0.3, -0.25) is 9.59 Å². The Morgan fingerprint density at radius 2 is 1.36 bits per heavy atom. The van der Waals surface area contributed by atoms with Crippen molar-refractivity contribution in [2.45, 2.75) is 51.7 Å². The highest BCUT2D eigenvalue weighted by atomic mass is 35.5. The molecule has 2 fully saturated rings. The van der Waals surface area contributed by atoms with E-state index in [4.69, 9.17) is 15.2 Å². The number of amides is 2. The topological polar surface area (TPSA) is 85.1 Å². The maximum Gasteiger partial charge on any atom is 0.219 e. The summed E-state index contributed by atoms with van der Waals surface area (Å²) in [5, 5.41) is 0. The van der Waals surface area contributed by atoms with Crippen LogP contribution in [0.15, 0.2) is 18.2 Å². The van der Waals surface area contributed by atoms with Crippen LogP contribution in [0.25, 0.3) is 0 Å². The molecule has 1 aromatic carbocycles. The molecule has 0 unspecified atom stereocenters. The van der Waals surface area contributed by atoms with E-state index in [2.05, 4.69) is 0 Å². The minimum atomic E-state index is 0. The molecule has 3 rings (SSSR count). The normalized spacial score (nSPS) is 18.4. The van der Waals surface area contributed by atoms with E-state index in [0.717, 1.165) is 44.5 Å². The lowest BCUT2D eigenvalue weighted by Crippen LogP contribution is -2.41. The quantitative estimate of drug-likeness (QED) is 0.769. The summed E-state index contributed by atoms with van der Waals surface area (Å²) in [7, 11) is 0. The molecule has 8 heteroatoms. The lowest BCUT2D eigenvalue weighted by molar-refractivity contribution is -0.131. The third kappa shape index (κ3) is 5.67. The molecule has 156 valence electrons. The molecule has 28 heavy (non-hydrogen) atoms. The standard InChI is InChI=1S/C20H29N3O4.ClH/c1-14(24)22-9-5-16(6-10-22)26-18-3-4-19(21)20(13-18)27-17-7-11-23(12-8-17)15(2)25;/h3-4,13,16-17H,5-12,21H2,1-2H3;1H. The van der Waals surface area contributed by atoms with Crippen molar-refractivity contribution < 1.29 is 19.1 Å². The van der Waals surface area contributed by atoms with Crippen LogP contribution < -0.4 is 15.2 Å². The Morgan fingerprint density at radius 3 is 1.82 bits per heavy atom. The molecule has 2 aliphatic heterocycles. The van der Waals surface area contributed by atoms with E-state index < -0.39 is 0 Å². The second-order valence-electron chi connectivity index (χ2n) is 7.35. The zero-order chi connectivity index (χ0) is 19.4.